The van der Waals surface area contributed by atoms with Gasteiger partial charge in [0.15, 0.2) is 0 Å². The molecule has 0 fully saturated rings. The first-order valence-electron chi connectivity index (χ1n) is 4.73. The van der Waals surface area contributed by atoms with E-state index in [9.17, 15) is 0 Å². The molecular weight excluding hydrogens is 158 g/mol. The van der Waals surface area contributed by atoms with Crippen LogP contribution in [0.3, 0.4) is 0 Å². The second-order valence-electron chi connectivity index (χ2n) is 3.32. The van der Waals surface area contributed by atoms with Crippen molar-refractivity contribution in [2.24, 2.45) is 0 Å². The molecule has 0 aliphatic heterocycles. The Hall–Kier alpha value is -1.24. The zero-order valence-electron chi connectivity index (χ0n) is 7.93. The van der Waals surface area contributed by atoms with Crippen molar-refractivity contribution in [3.05, 3.63) is 42.4 Å². The van der Waals surface area contributed by atoms with E-state index in [1.165, 1.54) is 22.2 Å². The highest BCUT2D eigenvalue weighted by molar-refractivity contribution is 5.81. The summed E-state index contributed by atoms with van der Waals surface area (Å²) in [6.45, 7) is 6.04. The number of aryl methyl sites for hydroxylation is 1. The fraction of sp³-hybridized carbons (Fsp3) is 0.250. The lowest BCUT2D eigenvalue weighted by atomic mass is 10.1. The molecule has 1 nitrogen and oxygen atoms in total. The molecule has 1 N–H and O–H groups in total. The molecule has 1 heteroatoms. The van der Waals surface area contributed by atoms with Crippen molar-refractivity contribution >= 4 is 10.9 Å². The number of hydrogen-bond acceptors (Lipinski definition) is 0. The van der Waals surface area contributed by atoms with Crippen LogP contribution in [0.25, 0.3) is 10.9 Å². The van der Waals surface area contributed by atoms with Crippen LogP contribution in [0.4, 0.5) is 0 Å². The van der Waals surface area contributed by atoms with Gasteiger partial charge in [-0.2, -0.15) is 0 Å². The Kier molecular flexibility index (Phi) is 2.09. The first kappa shape index (κ1) is 8.36. The van der Waals surface area contributed by atoms with Crippen LogP contribution in [0.15, 0.2) is 24.3 Å². The number of H-pyrrole nitrogens is 1. The second kappa shape index (κ2) is 3.25. The van der Waals surface area contributed by atoms with Gasteiger partial charge in [-0.15, -0.1) is 0 Å². The molecule has 0 spiro atoms. The Labute approximate surface area is 78.8 Å². The van der Waals surface area contributed by atoms with E-state index in [0.717, 1.165) is 12.8 Å². The quantitative estimate of drug-likeness (QED) is 0.716. The van der Waals surface area contributed by atoms with Gasteiger partial charge in [-0.05, 0) is 48.9 Å². The molecule has 0 unspecified atom stereocenters. The summed E-state index contributed by atoms with van der Waals surface area (Å²) in [7, 11) is 0. The SMILES string of the molecule is [CH2]Cc1cc2cc(CC)ccc2[nH]1. The van der Waals surface area contributed by atoms with Crippen LogP contribution in [-0.4, -0.2) is 4.98 Å². The van der Waals surface area contributed by atoms with E-state index in [-0.39, 0.29) is 0 Å². The summed E-state index contributed by atoms with van der Waals surface area (Å²) in [4.78, 5) is 3.33. The summed E-state index contributed by atoms with van der Waals surface area (Å²) >= 11 is 0. The normalized spacial score (nSPS) is 10.9. The predicted octanol–water partition coefficient (Wildman–Crippen LogP) is 3.11. The van der Waals surface area contributed by atoms with E-state index in [1.54, 1.807) is 0 Å². The second-order valence-corrected chi connectivity index (χ2v) is 3.32. The zero-order valence-corrected chi connectivity index (χ0v) is 7.93. The molecule has 0 saturated carbocycles. The minimum atomic E-state index is 0.830. The average Bonchev–Trinajstić information content (AvgIpc) is 2.58. The average molecular weight is 172 g/mol. The molecule has 1 heterocycles. The molecule has 13 heavy (non-hydrogen) atoms. The Morgan fingerprint density at radius 1 is 1.31 bits per heavy atom. The van der Waals surface area contributed by atoms with Gasteiger partial charge in [0.1, 0.15) is 0 Å². The maximum Gasteiger partial charge on any atom is 0.0456 e. The van der Waals surface area contributed by atoms with E-state index >= 15 is 0 Å². The van der Waals surface area contributed by atoms with Crippen LogP contribution < -0.4 is 0 Å². The van der Waals surface area contributed by atoms with Crippen molar-refractivity contribution in [1.29, 1.82) is 0 Å². The predicted molar refractivity (Wildman–Crippen MR) is 56.7 cm³/mol. The third-order valence-corrected chi connectivity index (χ3v) is 2.42. The van der Waals surface area contributed by atoms with Gasteiger partial charge in [0.05, 0.1) is 0 Å². The van der Waals surface area contributed by atoms with Crippen LogP contribution in [0.5, 0.6) is 0 Å². The Balaban J connectivity index is 2.57. The monoisotopic (exact) mass is 172 g/mol. The van der Waals surface area contributed by atoms with Gasteiger partial charge in [-0.1, -0.05) is 13.0 Å². The lowest BCUT2D eigenvalue weighted by Gasteiger charge is -1.94. The number of benzene rings is 1. The number of hydrogen-bond donors (Lipinski definition) is 1. The summed E-state index contributed by atoms with van der Waals surface area (Å²) < 4.78 is 0. The highest BCUT2D eigenvalue weighted by Gasteiger charge is 1.99. The molecule has 1 aromatic heterocycles. The molecular formula is C12H14N. The summed E-state index contributed by atoms with van der Waals surface area (Å²) in [6, 6.07) is 8.74. The summed E-state index contributed by atoms with van der Waals surface area (Å²) in [5.74, 6) is 0. The highest BCUT2D eigenvalue weighted by Crippen LogP contribution is 2.17. The van der Waals surface area contributed by atoms with Crippen LogP contribution in [0, 0.1) is 6.92 Å². The van der Waals surface area contributed by atoms with E-state index < -0.39 is 0 Å². The van der Waals surface area contributed by atoms with Crippen LogP contribution in [0.2, 0.25) is 0 Å². The van der Waals surface area contributed by atoms with Gasteiger partial charge in [0.2, 0.25) is 0 Å². The van der Waals surface area contributed by atoms with Gasteiger partial charge in [0, 0.05) is 11.2 Å². The molecule has 1 aromatic carbocycles. The van der Waals surface area contributed by atoms with Gasteiger partial charge in [-0.3, -0.25) is 0 Å². The number of aromatic nitrogens is 1. The molecule has 0 amide bonds. The summed E-state index contributed by atoms with van der Waals surface area (Å²) in [5, 5.41) is 1.30. The molecule has 0 saturated heterocycles. The van der Waals surface area contributed by atoms with E-state index in [1.807, 2.05) is 0 Å². The molecule has 1 radical (unpaired) electrons. The van der Waals surface area contributed by atoms with E-state index in [4.69, 9.17) is 0 Å². The molecule has 67 valence electrons. The Bertz CT molecular complexity index is 410. The van der Waals surface area contributed by atoms with Gasteiger partial charge >= 0.3 is 0 Å². The largest absolute Gasteiger partial charge is 0.358 e. The molecule has 0 aliphatic rings. The van der Waals surface area contributed by atoms with Crippen LogP contribution in [-0.2, 0) is 12.8 Å². The lowest BCUT2D eigenvalue weighted by Crippen LogP contribution is -1.78. The Morgan fingerprint density at radius 3 is 2.85 bits per heavy atom. The molecule has 0 atom stereocenters. The van der Waals surface area contributed by atoms with E-state index in [0.29, 0.717) is 0 Å². The first-order valence-corrected chi connectivity index (χ1v) is 4.73. The molecule has 2 aromatic rings. The third kappa shape index (κ3) is 1.46. The van der Waals surface area contributed by atoms with Gasteiger partial charge in [-0.25, -0.2) is 0 Å². The van der Waals surface area contributed by atoms with Crippen molar-refractivity contribution < 1.29 is 0 Å². The standard InChI is InChI=1S/C12H14N/c1-3-9-5-6-12-10(7-9)8-11(4-2)13-12/h5-8,13H,2-4H2,1H3. The van der Waals surface area contributed by atoms with Crippen molar-refractivity contribution in [2.45, 2.75) is 19.8 Å². The lowest BCUT2D eigenvalue weighted by molar-refractivity contribution is 1.14. The number of rotatable bonds is 2. The maximum absolute atomic E-state index is 3.86. The van der Waals surface area contributed by atoms with Gasteiger partial charge in [0.25, 0.3) is 0 Å². The zero-order chi connectivity index (χ0) is 9.26. The van der Waals surface area contributed by atoms with Crippen molar-refractivity contribution in [3.8, 4) is 0 Å². The first-order chi connectivity index (χ1) is 6.33. The van der Waals surface area contributed by atoms with Crippen LogP contribution in [0.1, 0.15) is 18.2 Å². The molecule has 0 aliphatic carbocycles. The number of nitrogens with one attached hydrogen (secondary N) is 1. The van der Waals surface area contributed by atoms with Crippen molar-refractivity contribution in [3.63, 3.8) is 0 Å². The Morgan fingerprint density at radius 2 is 2.15 bits per heavy atom. The van der Waals surface area contributed by atoms with Crippen molar-refractivity contribution in [2.75, 3.05) is 0 Å². The molecule has 2 rings (SSSR count). The minimum Gasteiger partial charge on any atom is -0.358 e. The van der Waals surface area contributed by atoms with E-state index in [2.05, 4.69) is 43.1 Å². The smallest absolute Gasteiger partial charge is 0.0456 e. The minimum absolute atomic E-state index is 0.830. The fourth-order valence-corrected chi connectivity index (χ4v) is 1.60. The highest BCUT2D eigenvalue weighted by atomic mass is 14.7. The molecule has 0 bridgehead atoms. The van der Waals surface area contributed by atoms with Crippen molar-refractivity contribution in [1.82, 2.24) is 4.98 Å². The fourth-order valence-electron chi connectivity index (χ4n) is 1.60. The number of aromatic amines is 1. The summed E-state index contributed by atoms with van der Waals surface area (Å²) in [6.07, 6.45) is 1.93. The third-order valence-electron chi connectivity index (χ3n) is 2.42. The summed E-state index contributed by atoms with van der Waals surface area (Å²) in [5.41, 5.74) is 3.82. The van der Waals surface area contributed by atoms with Crippen LogP contribution >= 0.6 is 0 Å². The maximum atomic E-state index is 3.86. The number of fused-ring (bicyclic) bond motifs is 1. The van der Waals surface area contributed by atoms with Gasteiger partial charge < -0.3 is 4.98 Å². The topological polar surface area (TPSA) is 15.8 Å².